The molecule has 4 rings (SSSR count). The Morgan fingerprint density at radius 1 is 1.29 bits per heavy atom. The van der Waals surface area contributed by atoms with Crippen molar-refractivity contribution >= 4 is 34.4 Å². The zero-order valence-corrected chi connectivity index (χ0v) is 17.4. The molecule has 4 aromatic rings. The first-order valence-corrected chi connectivity index (χ1v) is 9.68. The third-order valence-corrected chi connectivity index (χ3v) is 4.67. The maximum absolute atomic E-state index is 11.9. The normalized spacial score (nSPS) is 10.6. The van der Waals surface area contributed by atoms with Crippen molar-refractivity contribution in [2.45, 2.75) is 6.92 Å². The van der Waals surface area contributed by atoms with Crippen LogP contribution in [-0.2, 0) is 11.8 Å². The van der Waals surface area contributed by atoms with E-state index in [-0.39, 0.29) is 18.1 Å². The van der Waals surface area contributed by atoms with Crippen molar-refractivity contribution in [3.8, 4) is 28.7 Å². The van der Waals surface area contributed by atoms with Crippen molar-refractivity contribution in [3.63, 3.8) is 0 Å². The highest BCUT2D eigenvalue weighted by Gasteiger charge is 2.21. The maximum atomic E-state index is 11.9. The number of hydrogen-bond acceptors (Lipinski definition) is 7. The maximum Gasteiger partial charge on any atom is 0.412 e. The zero-order valence-electron chi connectivity index (χ0n) is 16.6. The van der Waals surface area contributed by atoms with Gasteiger partial charge < -0.3 is 4.74 Å². The largest absolute Gasteiger partial charge is 0.450 e. The molecule has 0 spiro atoms. The summed E-state index contributed by atoms with van der Waals surface area (Å²) in [6, 6.07) is 11.0. The Balaban J connectivity index is 1.95. The average Bonchev–Trinajstić information content (AvgIpc) is 3.19. The lowest BCUT2D eigenvalue weighted by molar-refractivity contribution is 0.168. The highest BCUT2D eigenvalue weighted by atomic mass is 35.5. The van der Waals surface area contributed by atoms with E-state index in [1.54, 1.807) is 49.2 Å². The fraction of sp³-hybridized carbons (Fsp3) is 0.143. The van der Waals surface area contributed by atoms with Crippen LogP contribution in [0.2, 0.25) is 5.02 Å². The second kappa shape index (κ2) is 8.38. The minimum Gasteiger partial charge on any atom is -0.450 e. The van der Waals surface area contributed by atoms with Gasteiger partial charge in [-0.15, -0.1) is 0 Å². The minimum absolute atomic E-state index is 0.0149. The van der Waals surface area contributed by atoms with Crippen LogP contribution in [-0.4, -0.2) is 37.4 Å². The number of nitrogens with zero attached hydrogens (tertiary/aromatic N) is 6. The molecule has 0 atom stereocenters. The summed E-state index contributed by atoms with van der Waals surface area (Å²) in [5.41, 5.74) is 2.52. The lowest BCUT2D eigenvalue weighted by atomic mass is 10.0. The Hall–Kier alpha value is -4.03. The number of rotatable bonds is 4. The summed E-state index contributed by atoms with van der Waals surface area (Å²) in [4.78, 5) is 25.2. The molecular formula is C21H16ClN7O2. The van der Waals surface area contributed by atoms with Gasteiger partial charge in [-0.3, -0.25) is 15.0 Å². The van der Waals surface area contributed by atoms with Gasteiger partial charge in [-0.25, -0.2) is 14.8 Å². The quantitative estimate of drug-likeness (QED) is 0.512. The fourth-order valence-electron chi connectivity index (χ4n) is 3.07. The molecule has 3 aromatic heterocycles. The van der Waals surface area contributed by atoms with Gasteiger partial charge in [-0.05, 0) is 31.2 Å². The molecule has 0 fully saturated rings. The molecule has 0 saturated heterocycles. The van der Waals surface area contributed by atoms with Crippen LogP contribution in [0.5, 0.6) is 0 Å². The topological polar surface area (TPSA) is 119 Å². The molecule has 0 aliphatic rings. The number of carbonyl (C=O) groups excluding carboxylic acids is 1. The van der Waals surface area contributed by atoms with Gasteiger partial charge in [0, 0.05) is 30.4 Å². The highest BCUT2D eigenvalue weighted by Crippen LogP contribution is 2.34. The number of fused-ring (bicyclic) bond motifs is 1. The molecule has 0 unspecified atom stereocenters. The van der Waals surface area contributed by atoms with Gasteiger partial charge >= 0.3 is 6.09 Å². The average molecular weight is 434 g/mol. The van der Waals surface area contributed by atoms with Gasteiger partial charge in [-0.2, -0.15) is 10.4 Å². The Morgan fingerprint density at radius 2 is 2.13 bits per heavy atom. The highest BCUT2D eigenvalue weighted by molar-refractivity contribution is 6.35. The van der Waals surface area contributed by atoms with E-state index in [2.05, 4.69) is 25.4 Å². The molecule has 0 radical (unpaired) electrons. The SMILES string of the molecule is CCOC(=O)Nc1nc(-c2ccn(C)n2)c(-c2cc(Cl)c3ncccc3c2)nc1C#N. The van der Waals surface area contributed by atoms with E-state index >= 15 is 0 Å². The first kappa shape index (κ1) is 20.3. The monoisotopic (exact) mass is 433 g/mol. The standard InChI is InChI=1S/C21H16ClN7O2/c1-3-31-21(30)27-20-16(11-23)25-18(19(26-20)15-6-8-29(2)28-15)13-9-12-5-4-7-24-17(12)14(22)10-13/h4-10H,3H2,1-2H3,(H,26,27,30). The second-order valence-corrected chi connectivity index (χ2v) is 6.89. The van der Waals surface area contributed by atoms with E-state index in [1.165, 1.54) is 0 Å². The Morgan fingerprint density at radius 3 is 2.84 bits per heavy atom. The van der Waals surface area contributed by atoms with Crippen molar-refractivity contribution in [2.24, 2.45) is 7.05 Å². The third-order valence-electron chi connectivity index (χ3n) is 4.39. The van der Waals surface area contributed by atoms with Gasteiger partial charge in [0.2, 0.25) is 0 Å². The lowest BCUT2D eigenvalue weighted by Gasteiger charge is -2.12. The number of pyridine rings is 1. The van der Waals surface area contributed by atoms with Crippen molar-refractivity contribution in [1.29, 1.82) is 5.26 Å². The number of anilines is 1. The number of carbonyl (C=O) groups is 1. The summed E-state index contributed by atoms with van der Waals surface area (Å²) in [6.45, 7) is 1.85. The van der Waals surface area contributed by atoms with Gasteiger partial charge in [0.05, 0.1) is 17.1 Å². The first-order chi connectivity index (χ1) is 15.0. The van der Waals surface area contributed by atoms with Crippen LogP contribution in [0.15, 0.2) is 42.7 Å². The van der Waals surface area contributed by atoms with E-state index < -0.39 is 6.09 Å². The summed E-state index contributed by atoms with van der Waals surface area (Å²) < 4.78 is 6.52. The van der Waals surface area contributed by atoms with E-state index in [0.717, 1.165) is 5.39 Å². The van der Waals surface area contributed by atoms with Gasteiger partial charge in [-0.1, -0.05) is 17.7 Å². The second-order valence-electron chi connectivity index (χ2n) is 6.48. The molecule has 1 aromatic carbocycles. The van der Waals surface area contributed by atoms with Crippen molar-refractivity contribution in [2.75, 3.05) is 11.9 Å². The van der Waals surface area contributed by atoms with E-state index in [1.807, 2.05) is 18.2 Å². The van der Waals surface area contributed by atoms with E-state index in [4.69, 9.17) is 16.3 Å². The zero-order chi connectivity index (χ0) is 22.0. The first-order valence-electron chi connectivity index (χ1n) is 9.30. The van der Waals surface area contributed by atoms with Gasteiger partial charge in [0.1, 0.15) is 23.2 Å². The molecule has 0 saturated carbocycles. The molecular weight excluding hydrogens is 418 g/mol. The molecule has 9 nitrogen and oxygen atoms in total. The number of benzene rings is 1. The Kier molecular flexibility index (Phi) is 5.47. The number of aryl methyl sites for hydroxylation is 1. The van der Waals surface area contributed by atoms with E-state index in [9.17, 15) is 10.1 Å². The molecule has 0 aliphatic carbocycles. The minimum atomic E-state index is -0.729. The predicted octanol–water partition coefficient (Wildman–Crippen LogP) is 4.19. The molecule has 0 aliphatic heterocycles. The summed E-state index contributed by atoms with van der Waals surface area (Å²) in [7, 11) is 1.77. The van der Waals surface area contributed by atoms with Crippen LogP contribution in [0.25, 0.3) is 33.5 Å². The predicted molar refractivity (Wildman–Crippen MR) is 115 cm³/mol. The molecule has 154 valence electrons. The Labute approximate surface area is 182 Å². The lowest BCUT2D eigenvalue weighted by Crippen LogP contribution is -2.16. The van der Waals surface area contributed by atoms with Crippen molar-refractivity contribution < 1.29 is 9.53 Å². The summed E-state index contributed by atoms with van der Waals surface area (Å²) in [5, 5.41) is 17.8. The van der Waals surface area contributed by atoms with Gasteiger partial charge in [0.15, 0.2) is 11.5 Å². The fourth-order valence-corrected chi connectivity index (χ4v) is 3.35. The number of nitrogens with one attached hydrogen (secondary N) is 1. The molecule has 10 heteroatoms. The molecule has 1 N–H and O–H groups in total. The number of hydrogen-bond donors (Lipinski definition) is 1. The molecule has 1 amide bonds. The molecule has 31 heavy (non-hydrogen) atoms. The van der Waals surface area contributed by atoms with Crippen molar-refractivity contribution in [3.05, 3.63) is 53.4 Å². The molecule has 3 heterocycles. The summed E-state index contributed by atoms with van der Waals surface area (Å²) in [5.74, 6) is -0.0149. The summed E-state index contributed by atoms with van der Waals surface area (Å²) in [6.07, 6.45) is 2.69. The Bertz CT molecular complexity index is 1340. The molecule has 0 bridgehead atoms. The van der Waals surface area contributed by atoms with Crippen LogP contribution in [0, 0.1) is 11.3 Å². The number of aromatic nitrogens is 5. The smallest absolute Gasteiger partial charge is 0.412 e. The number of ether oxygens (including phenoxy) is 1. The van der Waals surface area contributed by atoms with Crippen LogP contribution in [0.1, 0.15) is 12.6 Å². The number of nitriles is 1. The number of halogens is 1. The van der Waals surface area contributed by atoms with Gasteiger partial charge in [0.25, 0.3) is 0 Å². The van der Waals surface area contributed by atoms with Crippen LogP contribution < -0.4 is 5.32 Å². The van der Waals surface area contributed by atoms with Crippen molar-refractivity contribution in [1.82, 2.24) is 24.7 Å². The van der Waals surface area contributed by atoms with Crippen LogP contribution in [0.4, 0.5) is 10.6 Å². The third kappa shape index (κ3) is 4.01. The van der Waals surface area contributed by atoms with Crippen LogP contribution >= 0.6 is 11.6 Å². The van der Waals surface area contributed by atoms with E-state index in [0.29, 0.717) is 33.2 Å². The number of amides is 1. The summed E-state index contributed by atoms with van der Waals surface area (Å²) >= 11 is 6.45. The van der Waals surface area contributed by atoms with Crippen LogP contribution in [0.3, 0.4) is 0 Å².